The molecule has 0 unspecified atom stereocenters. The number of H-pyrrole nitrogens is 1. The van der Waals surface area contributed by atoms with Gasteiger partial charge in [-0.25, -0.2) is 0 Å². The number of anilines is 1. The number of aromatic hydroxyl groups is 1. The van der Waals surface area contributed by atoms with Crippen LogP contribution < -0.4 is 9.64 Å². The Bertz CT molecular complexity index is 1010. The van der Waals surface area contributed by atoms with E-state index in [9.17, 15) is 5.11 Å². The second-order valence-corrected chi connectivity index (χ2v) is 9.05. The summed E-state index contributed by atoms with van der Waals surface area (Å²) in [5, 5.41) is 25.1. The molecule has 0 saturated heterocycles. The second-order valence-electron chi connectivity index (χ2n) is 9.05. The number of rotatable bonds is 11. The van der Waals surface area contributed by atoms with Crippen molar-refractivity contribution in [3.8, 4) is 22.6 Å². The molecule has 9 heteroatoms. The topological polar surface area (TPSA) is 87.2 Å². The molecule has 1 heterocycles. The molecule has 2 N–H and O–H groups in total. The van der Waals surface area contributed by atoms with E-state index < -0.39 is 0 Å². The normalized spacial score (nSPS) is 10.9. The molecule has 176 valence electrons. The molecular weight excluding hydrogens is 448 g/mol. The number of phenolic OH excluding ortho intramolecular Hbond substituents is 1. The first-order valence-corrected chi connectivity index (χ1v) is 11.3. The quantitative estimate of drug-likeness (QED) is 0.317. The maximum absolute atomic E-state index is 10.7. The van der Waals surface area contributed by atoms with Crippen LogP contribution in [-0.2, 0) is 11.8 Å². The molecule has 7 nitrogen and oxygen atoms in total. The number of unbranched alkanes of at least 4 members (excludes halogenated alkanes) is 2. The van der Waals surface area contributed by atoms with Gasteiger partial charge in [-0.15, -0.1) is 10.2 Å². The molecule has 3 aromatic rings. The van der Waals surface area contributed by atoms with E-state index >= 15 is 0 Å². The van der Waals surface area contributed by atoms with E-state index in [2.05, 4.69) is 58.4 Å². The van der Waals surface area contributed by atoms with Crippen molar-refractivity contribution in [1.29, 1.82) is 0 Å². The van der Waals surface area contributed by atoms with Crippen LogP contribution in [0.5, 0.6) is 11.5 Å². The number of phenols is 1. The number of nitrogens with one attached hydrogen (secondary N) is 1. The van der Waals surface area contributed by atoms with Gasteiger partial charge in [-0.05, 0) is 48.6 Å². The van der Waals surface area contributed by atoms with Gasteiger partial charge in [-0.2, -0.15) is 5.21 Å². The monoisotopic (exact) mass is 485 g/mol. The van der Waals surface area contributed by atoms with Crippen LogP contribution in [0.4, 0.5) is 5.69 Å². The molecule has 0 fully saturated rings. The van der Waals surface area contributed by atoms with E-state index in [4.69, 9.17) is 4.74 Å². The third-order valence-corrected chi connectivity index (χ3v) is 5.89. The van der Waals surface area contributed by atoms with Gasteiger partial charge in [-0.3, -0.25) is 0 Å². The van der Waals surface area contributed by atoms with Crippen LogP contribution in [0.2, 0.25) is 0 Å². The Kier molecular flexibility index (Phi) is 13.2. The fourth-order valence-electron chi connectivity index (χ4n) is 3.80. The van der Waals surface area contributed by atoms with E-state index in [0.29, 0.717) is 6.61 Å². The number of aryl methyl sites for hydroxylation is 1. The van der Waals surface area contributed by atoms with E-state index in [-0.39, 0.29) is 70.3 Å². The molecule has 34 heavy (non-hydrogen) atoms. The molecule has 0 spiro atoms. The maximum atomic E-state index is 10.7. The number of tetrazole rings is 1. The predicted molar refractivity (Wildman–Crippen MR) is 143 cm³/mol. The summed E-state index contributed by atoms with van der Waals surface area (Å²) < 4.78 is 6.06. The molecule has 0 aliphatic carbocycles. The van der Waals surface area contributed by atoms with Gasteiger partial charge in [0, 0.05) is 36.8 Å². The molecule has 0 aliphatic rings. The van der Waals surface area contributed by atoms with Gasteiger partial charge < -0.3 is 14.7 Å². The summed E-state index contributed by atoms with van der Waals surface area (Å²) in [5.74, 6) is 1.77. The zero-order valence-electron chi connectivity index (χ0n) is 19.9. The molecule has 3 rings (SSSR count). The fourth-order valence-corrected chi connectivity index (χ4v) is 3.80. The van der Waals surface area contributed by atoms with Crippen molar-refractivity contribution in [3.63, 3.8) is 0 Å². The molecule has 0 atom stereocenters. The standard InChI is InChI=1S/C25H35N5O2.2Na.2H/c1-6-18-16-21(19-11-10-12-20(15-19)30(4)5)22(31)17-23(18)32-14-9-7-8-13-25(2,3)24-26-28-29-27-24;;;;/h10-12,15-17,31H,6-9,13-14H2,1-5H3,(H,26,27,28,29);;;;. The molecule has 1 aromatic heterocycles. The van der Waals surface area contributed by atoms with E-state index in [0.717, 1.165) is 66.1 Å². The molecule has 2 aromatic carbocycles. The van der Waals surface area contributed by atoms with Gasteiger partial charge >= 0.3 is 59.1 Å². The Morgan fingerprint density at radius 2 is 1.82 bits per heavy atom. The second kappa shape index (κ2) is 14.5. The molecular formula is C25H37N5Na2O2. The summed E-state index contributed by atoms with van der Waals surface area (Å²) in [6.45, 7) is 7.02. The van der Waals surface area contributed by atoms with Crippen molar-refractivity contribution < 1.29 is 9.84 Å². The number of nitrogens with zero attached hydrogens (tertiary/aromatic N) is 4. The van der Waals surface area contributed by atoms with Gasteiger partial charge in [0.2, 0.25) is 0 Å². The fraction of sp³-hybridized carbons (Fsp3) is 0.480. The third kappa shape index (κ3) is 8.25. The summed E-state index contributed by atoms with van der Waals surface area (Å²) in [5.41, 5.74) is 3.95. The van der Waals surface area contributed by atoms with Gasteiger partial charge in [-0.1, -0.05) is 51.0 Å². The average molecular weight is 486 g/mol. The van der Waals surface area contributed by atoms with Crippen LogP contribution in [0, 0.1) is 0 Å². The number of hydrogen-bond acceptors (Lipinski definition) is 6. The number of hydrogen-bond donors (Lipinski definition) is 2. The van der Waals surface area contributed by atoms with Crippen molar-refractivity contribution in [2.45, 2.75) is 58.3 Å². The molecule has 0 saturated carbocycles. The first-order chi connectivity index (χ1) is 15.3. The molecule has 0 bridgehead atoms. The average Bonchev–Trinajstić information content (AvgIpc) is 3.32. The number of benzene rings is 2. The summed E-state index contributed by atoms with van der Waals surface area (Å²) in [7, 11) is 4.03. The Morgan fingerprint density at radius 3 is 2.47 bits per heavy atom. The Morgan fingerprint density at radius 1 is 1.06 bits per heavy atom. The van der Waals surface area contributed by atoms with Crippen molar-refractivity contribution in [3.05, 3.63) is 47.8 Å². The minimum absolute atomic E-state index is 0. The van der Waals surface area contributed by atoms with E-state index in [1.54, 1.807) is 6.07 Å². The number of aromatic nitrogens is 4. The van der Waals surface area contributed by atoms with Crippen LogP contribution in [0.15, 0.2) is 36.4 Å². The zero-order valence-corrected chi connectivity index (χ0v) is 19.9. The molecule has 0 radical (unpaired) electrons. The first kappa shape index (κ1) is 30.9. The number of aromatic amines is 1. The van der Waals surface area contributed by atoms with Crippen molar-refractivity contribution in [2.75, 3.05) is 25.6 Å². The number of ether oxygens (including phenoxy) is 1. The van der Waals surface area contributed by atoms with Gasteiger partial charge in [0.1, 0.15) is 11.5 Å². The predicted octanol–water partition coefficient (Wildman–Crippen LogP) is 3.82. The van der Waals surface area contributed by atoms with Crippen molar-refractivity contribution in [1.82, 2.24) is 20.6 Å². The van der Waals surface area contributed by atoms with Crippen molar-refractivity contribution in [2.24, 2.45) is 0 Å². The van der Waals surface area contributed by atoms with Gasteiger partial charge in [0.25, 0.3) is 0 Å². The Balaban J connectivity index is 0.00000289. The molecule has 0 amide bonds. The third-order valence-electron chi connectivity index (χ3n) is 5.89. The Hall–Kier alpha value is -1.09. The van der Waals surface area contributed by atoms with Crippen LogP contribution in [0.3, 0.4) is 0 Å². The summed E-state index contributed by atoms with van der Waals surface area (Å²) in [6, 6.07) is 12.0. The van der Waals surface area contributed by atoms with Gasteiger partial charge in [0.05, 0.1) is 6.61 Å². The van der Waals surface area contributed by atoms with Crippen LogP contribution in [-0.4, -0.2) is 106 Å². The van der Waals surface area contributed by atoms with E-state index in [1.165, 1.54) is 0 Å². The Labute approximate surface area is 247 Å². The summed E-state index contributed by atoms with van der Waals surface area (Å²) in [4.78, 5) is 2.06. The van der Waals surface area contributed by atoms with Crippen LogP contribution >= 0.6 is 0 Å². The minimum atomic E-state index is -0.0885. The first-order valence-electron chi connectivity index (χ1n) is 11.3. The zero-order chi connectivity index (χ0) is 23.1. The van der Waals surface area contributed by atoms with Crippen LogP contribution in [0.25, 0.3) is 11.1 Å². The SMILES string of the molecule is CCc1cc(-c2cccc(N(C)C)c2)c(O)cc1OCCCCCC(C)(C)c1nn[nH]n1.[NaH].[NaH]. The summed E-state index contributed by atoms with van der Waals surface area (Å²) in [6.07, 6.45) is 4.92. The summed E-state index contributed by atoms with van der Waals surface area (Å²) >= 11 is 0. The molecule has 0 aliphatic heterocycles. The van der Waals surface area contributed by atoms with Crippen LogP contribution in [0.1, 0.15) is 57.8 Å². The van der Waals surface area contributed by atoms with Crippen molar-refractivity contribution >= 4 is 64.8 Å². The van der Waals surface area contributed by atoms with Gasteiger partial charge in [0.15, 0.2) is 5.82 Å². The van der Waals surface area contributed by atoms with E-state index in [1.807, 2.05) is 32.3 Å².